The summed E-state index contributed by atoms with van der Waals surface area (Å²) in [4.78, 5) is 11.5. The van der Waals surface area contributed by atoms with Crippen LogP contribution in [0.1, 0.15) is 33.6 Å². The van der Waals surface area contributed by atoms with Crippen LogP contribution in [0.3, 0.4) is 0 Å². The van der Waals surface area contributed by atoms with Crippen LogP contribution in [0, 0.1) is 17.8 Å². The SMILES string of the molecule is CC(C)(C)OC(=O)NC[C@@H]1C[C@@H]2C[C@H]1C1OC12. The van der Waals surface area contributed by atoms with E-state index in [9.17, 15) is 4.79 Å². The first-order chi connectivity index (χ1) is 7.94. The lowest BCUT2D eigenvalue weighted by Crippen LogP contribution is -2.37. The van der Waals surface area contributed by atoms with Gasteiger partial charge >= 0.3 is 6.09 Å². The molecule has 3 fully saturated rings. The van der Waals surface area contributed by atoms with Crippen LogP contribution in [-0.4, -0.2) is 30.4 Å². The van der Waals surface area contributed by atoms with Crippen LogP contribution in [0.4, 0.5) is 4.79 Å². The summed E-state index contributed by atoms with van der Waals surface area (Å²) in [5, 5.41) is 2.89. The molecule has 0 aromatic heterocycles. The van der Waals surface area contributed by atoms with Crippen molar-refractivity contribution in [2.24, 2.45) is 17.8 Å². The Morgan fingerprint density at radius 3 is 2.71 bits per heavy atom. The molecule has 3 rings (SSSR count). The molecule has 1 N–H and O–H groups in total. The maximum Gasteiger partial charge on any atom is 0.407 e. The molecule has 0 aromatic carbocycles. The number of rotatable bonds is 2. The Morgan fingerprint density at radius 1 is 1.35 bits per heavy atom. The van der Waals surface area contributed by atoms with Gasteiger partial charge in [-0.3, -0.25) is 0 Å². The van der Waals surface area contributed by atoms with Crippen molar-refractivity contribution in [2.45, 2.75) is 51.4 Å². The molecular formula is C13H21NO3. The van der Waals surface area contributed by atoms with Gasteiger partial charge in [0.25, 0.3) is 0 Å². The van der Waals surface area contributed by atoms with Gasteiger partial charge in [0, 0.05) is 6.54 Å². The Morgan fingerprint density at radius 2 is 2.12 bits per heavy atom. The zero-order valence-corrected chi connectivity index (χ0v) is 10.7. The molecule has 96 valence electrons. The largest absolute Gasteiger partial charge is 0.444 e. The fourth-order valence-electron chi connectivity index (χ4n) is 3.50. The van der Waals surface area contributed by atoms with Crippen LogP contribution in [0.2, 0.25) is 0 Å². The lowest BCUT2D eigenvalue weighted by atomic mass is 9.89. The lowest BCUT2D eigenvalue weighted by molar-refractivity contribution is 0.0513. The van der Waals surface area contributed by atoms with Crippen molar-refractivity contribution in [1.82, 2.24) is 5.32 Å². The monoisotopic (exact) mass is 239 g/mol. The van der Waals surface area contributed by atoms with Crippen LogP contribution in [0.5, 0.6) is 0 Å². The summed E-state index contributed by atoms with van der Waals surface area (Å²) in [5.74, 6) is 2.03. The molecule has 4 heteroatoms. The molecule has 0 spiro atoms. The van der Waals surface area contributed by atoms with Gasteiger partial charge in [0.1, 0.15) is 5.60 Å². The maximum absolute atomic E-state index is 11.5. The van der Waals surface area contributed by atoms with Gasteiger partial charge in [0.15, 0.2) is 0 Å². The summed E-state index contributed by atoms with van der Waals surface area (Å²) in [6, 6.07) is 0. The molecule has 1 amide bonds. The van der Waals surface area contributed by atoms with E-state index < -0.39 is 5.60 Å². The van der Waals surface area contributed by atoms with Gasteiger partial charge in [-0.1, -0.05) is 0 Å². The number of hydrogen-bond acceptors (Lipinski definition) is 3. The number of hydrogen-bond donors (Lipinski definition) is 1. The van der Waals surface area contributed by atoms with Crippen molar-refractivity contribution >= 4 is 6.09 Å². The van der Waals surface area contributed by atoms with E-state index in [1.165, 1.54) is 12.8 Å². The Labute approximate surface area is 102 Å². The molecule has 0 aromatic rings. The molecule has 0 radical (unpaired) electrons. The van der Waals surface area contributed by atoms with Crippen molar-refractivity contribution in [3.63, 3.8) is 0 Å². The standard InChI is InChI=1S/C13H21NO3/c1-13(2,3)17-12(15)14-6-8-4-7-5-9(8)11-10(7)16-11/h7-11H,4-6H2,1-3H3,(H,14,15)/t7-,8+,9-,10?,11?/m1/s1. The van der Waals surface area contributed by atoms with E-state index in [1.54, 1.807) is 0 Å². The van der Waals surface area contributed by atoms with Gasteiger partial charge in [-0.15, -0.1) is 0 Å². The third-order valence-electron chi connectivity index (χ3n) is 4.14. The highest BCUT2D eigenvalue weighted by Crippen LogP contribution is 2.58. The van der Waals surface area contributed by atoms with E-state index in [0.717, 1.165) is 12.5 Å². The van der Waals surface area contributed by atoms with Crippen molar-refractivity contribution in [2.75, 3.05) is 6.54 Å². The van der Waals surface area contributed by atoms with Crippen molar-refractivity contribution in [3.8, 4) is 0 Å². The summed E-state index contributed by atoms with van der Waals surface area (Å²) in [6.45, 7) is 6.38. The fraction of sp³-hybridized carbons (Fsp3) is 0.923. The number of carbonyl (C=O) groups is 1. The molecule has 1 heterocycles. The Bertz CT molecular complexity index is 336. The average Bonchev–Trinajstić information content (AvgIpc) is 2.80. The summed E-state index contributed by atoms with van der Waals surface area (Å²) < 4.78 is 10.8. The van der Waals surface area contributed by atoms with Gasteiger partial charge in [-0.25, -0.2) is 4.79 Å². The molecule has 4 nitrogen and oxygen atoms in total. The minimum Gasteiger partial charge on any atom is -0.444 e. The number of ether oxygens (including phenoxy) is 2. The number of nitrogens with one attached hydrogen (secondary N) is 1. The van der Waals surface area contributed by atoms with Crippen molar-refractivity contribution < 1.29 is 14.3 Å². The second-order valence-electron chi connectivity index (χ2n) is 6.60. The van der Waals surface area contributed by atoms with Gasteiger partial charge in [0.2, 0.25) is 0 Å². The summed E-state index contributed by atoms with van der Waals surface area (Å²) in [5.41, 5.74) is -0.413. The van der Waals surface area contributed by atoms with Crippen LogP contribution in [0.25, 0.3) is 0 Å². The minimum atomic E-state index is -0.413. The van der Waals surface area contributed by atoms with E-state index in [0.29, 0.717) is 24.0 Å². The predicted molar refractivity (Wildman–Crippen MR) is 62.6 cm³/mol. The zero-order chi connectivity index (χ0) is 12.2. The van der Waals surface area contributed by atoms with E-state index in [-0.39, 0.29) is 6.09 Å². The number of epoxide rings is 1. The maximum atomic E-state index is 11.5. The molecule has 17 heavy (non-hydrogen) atoms. The highest BCUT2D eigenvalue weighted by Gasteiger charge is 2.62. The van der Waals surface area contributed by atoms with Crippen LogP contribution in [0.15, 0.2) is 0 Å². The first-order valence-electron chi connectivity index (χ1n) is 6.56. The average molecular weight is 239 g/mol. The minimum absolute atomic E-state index is 0.298. The summed E-state index contributed by atoms with van der Waals surface area (Å²) >= 11 is 0. The van der Waals surface area contributed by atoms with E-state index in [2.05, 4.69) is 5.32 Å². The third kappa shape index (κ3) is 2.15. The zero-order valence-electron chi connectivity index (χ0n) is 10.7. The first-order valence-corrected chi connectivity index (χ1v) is 6.56. The molecular weight excluding hydrogens is 218 g/mol. The van der Waals surface area contributed by atoms with Crippen LogP contribution < -0.4 is 5.32 Å². The van der Waals surface area contributed by atoms with Crippen molar-refractivity contribution in [1.29, 1.82) is 0 Å². The molecule has 2 saturated carbocycles. The first kappa shape index (κ1) is 11.3. The quantitative estimate of drug-likeness (QED) is 0.749. The van der Waals surface area contributed by atoms with Crippen LogP contribution in [-0.2, 0) is 9.47 Å². The Hall–Kier alpha value is -0.770. The highest BCUT2D eigenvalue weighted by atomic mass is 16.6. The summed E-state index contributed by atoms with van der Waals surface area (Å²) in [7, 11) is 0. The normalized spacial score (nSPS) is 42.2. The molecule has 3 aliphatic rings. The molecule has 1 aliphatic heterocycles. The molecule has 5 atom stereocenters. The highest BCUT2D eigenvalue weighted by molar-refractivity contribution is 5.67. The Balaban J connectivity index is 1.45. The number of alkyl carbamates (subject to hydrolysis) is 1. The van der Waals surface area contributed by atoms with Crippen LogP contribution >= 0.6 is 0 Å². The van der Waals surface area contributed by atoms with Gasteiger partial charge < -0.3 is 14.8 Å². The smallest absolute Gasteiger partial charge is 0.407 e. The molecule has 2 bridgehead atoms. The predicted octanol–water partition coefficient (Wildman–Crippen LogP) is 1.93. The Kier molecular flexibility index (Phi) is 2.41. The fourth-order valence-corrected chi connectivity index (χ4v) is 3.50. The van der Waals surface area contributed by atoms with E-state index >= 15 is 0 Å². The van der Waals surface area contributed by atoms with E-state index in [1.807, 2.05) is 20.8 Å². The van der Waals surface area contributed by atoms with Gasteiger partial charge in [-0.05, 0) is 51.4 Å². The number of amides is 1. The van der Waals surface area contributed by atoms with Gasteiger partial charge in [-0.2, -0.15) is 0 Å². The molecule has 2 unspecified atom stereocenters. The second kappa shape index (κ2) is 3.61. The van der Waals surface area contributed by atoms with Gasteiger partial charge in [0.05, 0.1) is 12.2 Å². The lowest BCUT2D eigenvalue weighted by Gasteiger charge is -2.23. The number of carbonyl (C=O) groups excluding carboxylic acids is 1. The van der Waals surface area contributed by atoms with E-state index in [4.69, 9.17) is 9.47 Å². The van der Waals surface area contributed by atoms with Crippen molar-refractivity contribution in [3.05, 3.63) is 0 Å². The molecule has 2 aliphatic carbocycles. The molecule has 1 saturated heterocycles. The second-order valence-corrected chi connectivity index (χ2v) is 6.60. The summed E-state index contributed by atoms with van der Waals surface area (Å²) in [6.07, 6.45) is 3.29. The topological polar surface area (TPSA) is 50.9 Å². The number of fused-ring (bicyclic) bond motifs is 5. The third-order valence-corrected chi connectivity index (χ3v) is 4.14.